The molecule has 1 rings (SSSR count). The largest absolute Gasteiger partial charge is 0.396 e. The monoisotopic (exact) mass is 302 g/mol. The maximum atomic E-state index is 11.9. The van der Waals surface area contributed by atoms with Crippen molar-refractivity contribution in [2.45, 2.75) is 19.8 Å². The van der Waals surface area contributed by atoms with Gasteiger partial charge in [0.25, 0.3) is 5.91 Å². The van der Waals surface area contributed by atoms with E-state index in [2.05, 4.69) is 28.2 Å². The molecule has 1 unspecified atom stereocenters. The molecule has 1 aromatic rings. The number of aromatic nitrogens is 1. The number of aryl methyl sites for hydroxylation is 1. The van der Waals surface area contributed by atoms with E-state index in [1.807, 2.05) is 13.2 Å². The predicted molar refractivity (Wildman–Crippen MR) is 70.9 cm³/mol. The van der Waals surface area contributed by atoms with E-state index < -0.39 is 0 Å². The molecule has 0 aliphatic carbocycles. The van der Waals surface area contributed by atoms with Crippen LogP contribution in [0.1, 0.15) is 30.3 Å². The first kappa shape index (κ1) is 14.3. The van der Waals surface area contributed by atoms with Crippen LogP contribution in [0.15, 0.2) is 16.7 Å². The zero-order valence-corrected chi connectivity index (χ0v) is 11.8. The van der Waals surface area contributed by atoms with Gasteiger partial charge in [-0.2, -0.15) is 0 Å². The number of rotatable bonds is 6. The first-order valence-electron chi connectivity index (χ1n) is 5.79. The fraction of sp³-hybridized carbons (Fsp3) is 0.583. The number of nitrogens with one attached hydrogen (secondary N) is 1. The zero-order chi connectivity index (χ0) is 12.8. The maximum absolute atomic E-state index is 11.9. The van der Waals surface area contributed by atoms with Crippen molar-refractivity contribution in [3.05, 3.63) is 22.4 Å². The summed E-state index contributed by atoms with van der Waals surface area (Å²) < 4.78 is 2.68. The lowest BCUT2D eigenvalue weighted by atomic mass is 10.0. The quantitative estimate of drug-likeness (QED) is 0.843. The average molecular weight is 303 g/mol. The van der Waals surface area contributed by atoms with E-state index in [0.29, 0.717) is 18.2 Å². The molecule has 0 aromatic carbocycles. The van der Waals surface area contributed by atoms with Crippen LogP contribution < -0.4 is 5.32 Å². The van der Waals surface area contributed by atoms with E-state index in [9.17, 15) is 4.79 Å². The van der Waals surface area contributed by atoms with Crippen molar-refractivity contribution in [1.82, 2.24) is 9.88 Å². The van der Waals surface area contributed by atoms with Crippen molar-refractivity contribution in [1.29, 1.82) is 0 Å². The normalized spacial score (nSPS) is 12.5. The number of carbonyl (C=O) groups is 1. The third-order valence-corrected chi connectivity index (χ3v) is 3.30. The van der Waals surface area contributed by atoms with Crippen LogP contribution in [-0.2, 0) is 7.05 Å². The van der Waals surface area contributed by atoms with Gasteiger partial charge in [-0.1, -0.05) is 13.3 Å². The lowest BCUT2D eigenvalue weighted by Gasteiger charge is -2.14. The maximum Gasteiger partial charge on any atom is 0.267 e. The van der Waals surface area contributed by atoms with E-state index in [-0.39, 0.29) is 12.5 Å². The van der Waals surface area contributed by atoms with Gasteiger partial charge in [0.2, 0.25) is 0 Å². The lowest BCUT2D eigenvalue weighted by molar-refractivity contribution is 0.0935. The number of aliphatic hydroxyl groups excluding tert-OH is 1. The lowest BCUT2D eigenvalue weighted by Crippen LogP contribution is -2.30. The van der Waals surface area contributed by atoms with Gasteiger partial charge in [-0.25, -0.2) is 0 Å². The van der Waals surface area contributed by atoms with Crippen LogP contribution in [0.5, 0.6) is 0 Å². The molecule has 1 atom stereocenters. The molecule has 1 heterocycles. The van der Waals surface area contributed by atoms with E-state index in [1.165, 1.54) is 0 Å². The molecular weight excluding hydrogens is 284 g/mol. The molecule has 0 aliphatic rings. The fourth-order valence-corrected chi connectivity index (χ4v) is 2.23. The molecule has 4 nitrogen and oxygen atoms in total. The third-order valence-electron chi connectivity index (χ3n) is 2.87. The zero-order valence-electron chi connectivity index (χ0n) is 10.2. The van der Waals surface area contributed by atoms with Crippen LogP contribution in [0.2, 0.25) is 0 Å². The first-order valence-corrected chi connectivity index (χ1v) is 6.58. The van der Waals surface area contributed by atoms with Crippen LogP contribution >= 0.6 is 15.9 Å². The Balaban J connectivity index is 2.52. The highest BCUT2D eigenvalue weighted by Crippen LogP contribution is 2.13. The van der Waals surface area contributed by atoms with Gasteiger partial charge < -0.3 is 15.0 Å². The van der Waals surface area contributed by atoms with E-state index >= 15 is 0 Å². The van der Waals surface area contributed by atoms with Crippen LogP contribution in [0.3, 0.4) is 0 Å². The van der Waals surface area contributed by atoms with Crippen molar-refractivity contribution < 1.29 is 9.90 Å². The molecule has 17 heavy (non-hydrogen) atoms. The fourth-order valence-electron chi connectivity index (χ4n) is 1.71. The summed E-state index contributed by atoms with van der Waals surface area (Å²) in [7, 11) is 1.84. The Hall–Kier alpha value is -0.810. The SMILES string of the molecule is CCC(CCO)CNC(=O)c1cc(Br)cn1C. The summed E-state index contributed by atoms with van der Waals surface area (Å²) in [4.78, 5) is 11.9. The molecule has 96 valence electrons. The Morgan fingerprint density at radius 3 is 2.82 bits per heavy atom. The Morgan fingerprint density at radius 2 is 2.35 bits per heavy atom. The van der Waals surface area contributed by atoms with Gasteiger partial charge in [0.15, 0.2) is 0 Å². The molecule has 0 saturated carbocycles. The second kappa shape index (κ2) is 6.81. The number of carbonyl (C=O) groups excluding carboxylic acids is 1. The minimum Gasteiger partial charge on any atom is -0.396 e. The second-order valence-corrected chi connectivity index (χ2v) is 5.07. The van der Waals surface area contributed by atoms with Gasteiger partial charge in [-0.15, -0.1) is 0 Å². The van der Waals surface area contributed by atoms with Crippen molar-refractivity contribution in [2.75, 3.05) is 13.2 Å². The van der Waals surface area contributed by atoms with Crippen molar-refractivity contribution in [3.63, 3.8) is 0 Å². The minimum atomic E-state index is -0.0745. The molecule has 0 spiro atoms. The van der Waals surface area contributed by atoms with Gasteiger partial charge in [-0.3, -0.25) is 4.79 Å². The van der Waals surface area contributed by atoms with Gasteiger partial charge in [-0.05, 0) is 34.3 Å². The molecule has 2 N–H and O–H groups in total. The first-order chi connectivity index (χ1) is 8.08. The molecule has 0 bridgehead atoms. The summed E-state index contributed by atoms with van der Waals surface area (Å²) >= 11 is 3.34. The van der Waals surface area contributed by atoms with Crippen molar-refractivity contribution >= 4 is 21.8 Å². The molecular formula is C12H19BrN2O2. The van der Waals surface area contributed by atoms with Crippen molar-refractivity contribution in [2.24, 2.45) is 13.0 Å². The number of amides is 1. The number of halogens is 1. The molecule has 0 aliphatic heterocycles. The average Bonchev–Trinajstić information content (AvgIpc) is 2.63. The van der Waals surface area contributed by atoms with Gasteiger partial charge >= 0.3 is 0 Å². The standard InChI is InChI=1S/C12H19BrN2O2/c1-3-9(4-5-16)7-14-12(17)11-6-10(13)8-15(11)2/h6,8-9,16H,3-5,7H2,1-2H3,(H,14,17). The smallest absolute Gasteiger partial charge is 0.267 e. The number of nitrogens with zero attached hydrogens (tertiary/aromatic N) is 1. The summed E-state index contributed by atoms with van der Waals surface area (Å²) in [6.45, 7) is 2.84. The molecule has 1 aromatic heterocycles. The van der Waals surface area contributed by atoms with E-state index in [1.54, 1.807) is 10.6 Å². The molecule has 5 heteroatoms. The van der Waals surface area contributed by atoms with Gasteiger partial charge in [0, 0.05) is 30.9 Å². The summed E-state index contributed by atoms with van der Waals surface area (Å²) in [5.74, 6) is 0.266. The Morgan fingerprint density at radius 1 is 1.65 bits per heavy atom. The van der Waals surface area contributed by atoms with Crippen LogP contribution in [0.25, 0.3) is 0 Å². The second-order valence-electron chi connectivity index (χ2n) is 4.15. The van der Waals surface area contributed by atoms with Gasteiger partial charge in [0.1, 0.15) is 5.69 Å². The summed E-state index contributed by atoms with van der Waals surface area (Å²) in [5, 5.41) is 11.8. The summed E-state index contributed by atoms with van der Waals surface area (Å²) in [6, 6.07) is 1.79. The molecule has 0 radical (unpaired) electrons. The Bertz CT molecular complexity index is 377. The summed E-state index contributed by atoms with van der Waals surface area (Å²) in [5.41, 5.74) is 0.635. The van der Waals surface area contributed by atoms with Crippen molar-refractivity contribution in [3.8, 4) is 0 Å². The van der Waals surface area contributed by atoms with E-state index in [0.717, 1.165) is 17.3 Å². The number of hydrogen-bond acceptors (Lipinski definition) is 2. The van der Waals surface area contributed by atoms with Crippen LogP contribution in [0, 0.1) is 5.92 Å². The van der Waals surface area contributed by atoms with Gasteiger partial charge in [0.05, 0.1) is 0 Å². The summed E-state index contributed by atoms with van der Waals surface area (Å²) in [6.07, 6.45) is 3.53. The van der Waals surface area contributed by atoms with Crippen LogP contribution in [-0.4, -0.2) is 28.7 Å². The Kier molecular flexibility index (Phi) is 5.71. The number of hydrogen-bond donors (Lipinski definition) is 2. The van der Waals surface area contributed by atoms with Crippen LogP contribution in [0.4, 0.5) is 0 Å². The Labute approximate surface area is 110 Å². The molecule has 0 saturated heterocycles. The van der Waals surface area contributed by atoms with E-state index in [4.69, 9.17) is 5.11 Å². The highest BCUT2D eigenvalue weighted by atomic mass is 79.9. The topological polar surface area (TPSA) is 54.3 Å². The highest BCUT2D eigenvalue weighted by Gasteiger charge is 2.12. The molecule has 0 fully saturated rings. The predicted octanol–water partition coefficient (Wildman–Crippen LogP) is 1.93. The highest BCUT2D eigenvalue weighted by molar-refractivity contribution is 9.10. The minimum absolute atomic E-state index is 0.0745. The third kappa shape index (κ3) is 4.16. The molecule has 1 amide bonds. The number of aliphatic hydroxyl groups is 1.